The van der Waals surface area contributed by atoms with E-state index in [0.717, 1.165) is 22.6 Å². The Morgan fingerprint density at radius 3 is 0.667 bits per heavy atom. The Morgan fingerprint density at radius 2 is 0.481 bits per heavy atom. The third kappa shape index (κ3) is 10.6. The summed E-state index contributed by atoms with van der Waals surface area (Å²) in [7, 11) is 2.66. The van der Waals surface area contributed by atoms with Crippen molar-refractivity contribution >= 4 is 17.2 Å². The van der Waals surface area contributed by atoms with Crippen molar-refractivity contribution in [2.24, 2.45) is 0 Å². The molecule has 4 aliphatic rings. The van der Waals surface area contributed by atoms with Crippen molar-refractivity contribution in [3.8, 4) is 0 Å². The van der Waals surface area contributed by atoms with Crippen molar-refractivity contribution in [2.75, 3.05) is 0 Å². The molecule has 0 amide bonds. The predicted molar refractivity (Wildman–Crippen MR) is 124 cm³/mol. The van der Waals surface area contributed by atoms with E-state index in [9.17, 15) is 0 Å². The van der Waals surface area contributed by atoms with Crippen molar-refractivity contribution in [3.05, 3.63) is 0 Å². The van der Waals surface area contributed by atoms with Gasteiger partial charge in [0.2, 0.25) is 0 Å². The maximum absolute atomic E-state index is 1.56. The van der Waals surface area contributed by atoms with E-state index in [-0.39, 0.29) is 27.3 Å². The molecular formula is C24H46CdP2. The minimum Gasteiger partial charge on any atom is -0.116 e. The van der Waals surface area contributed by atoms with E-state index in [0.29, 0.717) is 0 Å². The summed E-state index contributed by atoms with van der Waals surface area (Å²) in [4.78, 5) is 0. The molecule has 4 aliphatic carbocycles. The van der Waals surface area contributed by atoms with E-state index in [4.69, 9.17) is 0 Å². The molecule has 0 aromatic carbocycles. The molecule has 0 aromatic rings. The summed E-state index contributed by atoms with van der Waals surface area (Å²) < 4.78 is 0. The van der Waals surface area contributed by atoms with Gasteiger partial charge in [0.15, 0.2) is 0 Å². The van der Waals surface area contributed by atoms with Crippen LogP contribution in [-0.2, 0) is 27.3 Å². The first-order valence-corrected chi connectivity index (χ1v) is 14.7. The van der Waals surface area contributed by atoms with E-state index >= 15 is 0 Å². The molecule has 0 aliphatic heterocycles. The Kier molecular flexibility index (Phi) is 14.4. The smallest absolute Gasteiger partial charge is 0 e. The Bertz CT molecular complexity index is 272. The molecule has 0 heterocycles. The predicted octanol–water partition coefficient (Wildman–Crippen LogP) is 8.66. The molecule has 4 rings (SSSR count). The monoisotopic (exact) mass is 510 g/mol. The van der Waals surface area contributed by atoms with E-state index in [1.54, 1.807) is 51.4 Å². The summed E-state index contributed by atoms with van der Waals surface area (Å²) in [5.41, 5.74) is 4.60. The van der Waals surface area contributed by atoms with Gasteiger partial charge in [-0.15, -0.1) is 17.2 Å². The number of hydrogen-bond acceptors (Lipinski definition) is 0. The van der Waals surface area contributed by atoms with Crippen LogP contribution in [0.3, 0.4) is 0 Å². The molecule has 0 bridgehead atoms. The average Bonchev–Trinajstić information content (AvgIpc) is 2.72. The zero-order valence-electron chi connectivity index (χ0n) is 18.2. The van der Waals surface area contributed by atoms with Crippen molar-refractivity contribution in [1.82, 2.24) is 0 Å². The van der Waals surface area contributed by atoms with Gasteiger partial charge >= 0.3 is 0 Å². The minimum atomic E-state index is 0. The second-order valence-corrected chi connectivity index (χ2v) is 13.6. The van der Waals surface area contributed by atoms with Gasteiger partial charge in [0, 0.05) is 27.3 Å². The van der Waals surface area contributed by atoms with Crippen LogP contribution >= 0.6 is 17.2 Å². The Labute approximate surface area is 194 Å². The molecule has 154 valence electrons. The largest absolute Gasteiger partial charge is 0.116 e. The molecule has 0 aromatic heterocycles. The summed E-state index contributed by atoms with van der Waals surface area (Å²) in [6, 6.07) is 0. The van der Waals surface area contributed by atoms with Gasteiger partial charge in [-0.25, -0.2) is 0 Å². The maximum Gasteiger partial charge on any atom is 0 e. The molecule has 0 atom stereocenters. The Hall–Kier alpha value is 1.78. The minimum absolute atomic E-state index is 0. The fraction of sp³-hybridized carbons (Fsp3) is 1.00. The average molecular weight is 509 g/mol. The summed E-state index contributed by atoms with van der Waals surface area (Å²) in [6.45, 7) is 0. The van der Waals surface area contributed by atoms with Crippen LogP contribution in [0.4, 0.5) is 0 Å². The van der Waals surface area contributed by atoms with Gasteiger partial charge in [-0.3, -0.25) is 0 Å². The standard InChI is InChI=1S/2C12H23P.Cd/c2*1-3-7-11(8-4-1)13-12-9-5-2-6-10-12;/h2*11-13H,1-10H2;. The van der Waals surface area contributed by atoms with Crippen LogP contribution in [0.2, 0.25) is 0 Å². The van der Waals surface area contributed by atoms with Crippen molar-refractivity contribution in [3.63, 3.8) is 0 Å². The molecule has 0 nitrogen and oxygen atoms in total. The van der Waals surface area contributed by atoms with Crippen LogP contribution in [0.5, 0.6) is 0 Å². The van der Waals surface area contributed by atoms with Gasteiger partial charge in [-0.1, -0.05) is 77.0 Å². The Morgan fingerprint density at radius 1 is 0.296 bits per heavy atom. The summed E-state index contributed by atoms with van der Waals surface area (Å²) in [5.74, 6) is 0. The molecule has 4 fully saturated rings. The summed E-state index contributed by atoms with van der Waals surface area (Å²) in [5, 5.41) is 0. The molecule has 0 unspecified atom stereocenters. The number of hydrogen-bond donors (Lipinski definition) is 0. The van der Waals surface area contributed by atoms with Crippen LogP contribution in [0.25, 0.3) is 0 Å². The molecule has 27 heavy (non-hydrogen) atoms. The third-order valence-electron chi connectivity index (χ3n) is 7.36. The van der Waals surface area contributed by atoms with Crippen molar-refractivity contribution in [2.45, 2.75) is 151 Å². The van der Waals surface area contributed by atoms with Gasteiger partial charge in [0.25, 0.3) is 0 Å². The Balaban J connectivity index is 0.000000187. The zero-order chi connectivity index (χ0) is 17.9. The topological polar surface area (TPSA) is 0 Å². The molecule has 0 saturated heterocycles. The SMILES string of the molecule is C1CCC(PC2CCCCC2)CC1.C1CCC(PC2CCCCC2)CC1.[Cd]. The van der Waals surface area contributed by atoms with Gasteiger partial charge < -0.3 is 0 Å². The van der Waals surface area contributed by atoms with E-state index < -0.39 is 0 Å². The number of rotatable bonds is 4. The van der Waals surface area contributed by atoms with E-state index in [2.05, 4.69) is 0 Å². The first-order chi connectivity index (χ1) is 12.9. The third-order valence-corrected chi connectivity index (χ3v) is 11.6. The van der Waals surface area contributed by atoms with Crippen LogP contribution in [0.1, 0.15) is 128 Å². The van der Waals surface area contributed by atoms with Crippen LogP contribution < -0.4 is 0 Å². The van der Waals surface area contributed by atoms with E-state index in [1.165, 1.54) is 94.2 Å². The molecular weight excluding hydrogens is 463 g/mol. The maximum atomic E-state index is 1.56. The van der Waals surface area contributed by atoms with Crippen LogP contribution in [-0.4, -0.2) is 22.6 Å². The first kappa shape index (κ1) is 25.0. The van der Waals surface area contributed by atoms with Crippen molar-refractivity contribution < 1.29 is 27.3 Å². The normalized spacial score (nSPS) is 26.7. The summed E-state index contributed by atoms with van der Waals surface area (Å²) >= 11 is 0. The molecule has 0 radical (unpaired) electrons. The molecule has 3 heteroatoms. The first-order valence-electron chi connectivity index (χ1n) is 12.4. The van der Waals surface area contributed by atoms with Gasteiger partial charge in [0.05, 0.1) is 0 Å². The fourth-order valence-electron chi connectivity index (χ4n) is 5.74. The molecule has 0 N–H and O–H groups in total. The van der Waals surface area contributed by atoms with Crippen molar-refractivity contribution in [1.29, 1.82) is 0 Å². The van der Waals surface area contributed by atoms with Gasteiger partial charge in [0.1, 0.15) is 0 Å². The fourth-order valence-corrected chi connectivity index (χ4v) is 10.0. The van der Waals surface area contributed by atoms with Gasteiger partial charge in [-0.05, 0) is 74.0 Å². The second kappa shape index (κ2) is 15.6. The second-order valence-electron chi connectivity index (χ2n) is 9.67. The van der Waals surface area contributed by atoms with Gasteiger partial charge in [-0.2, -0.15) is 0 Å². The zero-order valence-corrected chi connectivity index (χ0v) is 24.2. The van der Waals surface area contributed by atoms with Crippen LogP contribution in [0.15, 0.2) is 0 Å². The molecule has 4 saturated carbocycles. The summed E-state index contributed by atoms with van der Waals surface area (Å²) in [6.07, 6.45) is 30.9. The quantitative estimate of drug-likeness (QED) is 0.263. The van der Waals surface area contributed by atoms with Crippen LogP contribution in [0, 0.1) is 0 Å². The van der Waals surface area contributed by atoms with E-state index in [1.807, 2.05) is 0 Å². The molecule has 0 spiro atoms.